The van der Waals surface area contributed by atoms with Crippen LogP contribution in [0, 0.1) is 0 Å². The molecule has 0 aromatic carbocycles. The predicted octanol–water partition coefficient (Wildman–Crippen LogP) is 2.02. The predicted molar refractivity (Wildman–Crippen MR) is 81.5 cm³/mol. The maximum Gasteiger partial charge on any atom is 0.180 e. The number of nitrogens with zero attached hydrogens (tertiary/aromatic N) is 4. The van der Waals surface area contributed by atoms with Crippen LogP contribution in [0.2, 0.25) is 0 Å². The highest BCUT2D eigenvalue weighted by Gasteiger charge is 2.17. The lowest BCUT2D eigenvalue weighted by molar-refractivity contribution is 0.203. The minimum absolute atomic E-state index is 0.329. The molecular weight excluding hydrogens is 254 g/mol. The molecule has 6 heteroatoms. The molecule has 0 radical (unpaired) electrons. The van der Waals surface area contributed by atoms with E-state index in [0.29, 0.717) is 12.6 Å². The minimum Gasteiger partial charge on any atom is -0.383 e. The first-order valence-electron chi connectivity index (χ1n) is 7.00. The normalized spacial score (nSPS) is 11.2. The van der Waals surface area contributed by atoms with E-state index in [0.717, 1.165) is 30.4 Å². The van der Waals surface area contributed by atoms with Crippen molar-refractivity contribution >= 4 is 17.3 Å². The van der Waals surface area contributed by atoms with E-state index in [1.807, 2.05) is 16.8 Å². The first-order chi connectivity index (χ1) is 9.67. The molecular formula is C14H23N5O. The van der Waals surface area contributed by atoms with E-state index in [1.165, 1.54) is 0 Å². The Balaban J connectivity index is 2.45. The largest absolute Gasteiger partial charge is 0.383 e. The maximum absolute atomic E-state index is 5.20. The van der Waals surface area contributed by atoms with Crippen LogP contribution in [0.1, 0.15) is 20.8 Å². The van der Waals surface area contributed by atoms with Gasteiger partial charge in [0, 0.05) is 38.6 Å². The molecule has 0 aliphatic rings. The summed E-state index contributed by atoms with van der Waals surface area (Å²) >= 11 is 0. The average Bonchev–Trinajstić information content (AvgIpc) is 2.87. The molecule has 0 bridgehead atoms. The van der Waals surface area contributed by atoms with Crippen LogP contribution in [0.4, 0.5) is 11.6 Å². The SMILES string of the molecule is CCNc1cn2ccnc2c(N(CCOC)C(C)C)n1. The molecule has 0 saturated heterocycles. The number of hydrogen-bond donors (Lipinski definition) is 1. The van der Waals surface area contributed by atoms with Gasteiger partial charge in [0.2, 0.25) is 0 Å². The number of ether oxygens (including phenoxy) is 1. The molecule has 0 saturated carbocycles. The van der Waals surface area contributed by atoms with Gasteiger partial charge in [-0.3, -0.25) is 0 Å². The van der Waals surface area contributed by atoms with Gasteiger partial charge < -0.3 is 19.4 Å². The summed E-state index contributed by atoms with van der Waals surface area (Å²) in [5.41, 5.74) is 0.872. The van der Waals surface area contributed by atoms with E-state index in [2.05, 4.69) is 36.0 Å². The van der Waals surface area contributed by atoms with Crippen LogP contribution in [0.25, 0.3) is 5.65 Å². The fraction of sp³-hybridized carbons (Fsp3) is 0.571. The van der Waals surface area contributed by atoms with Crippen LogP contribution < -0.4 is 10.2 Å². The van der Waals surface area contributed by atoms with Crippen LogP contribution in [-0.2, 0) is 4.74 Å². The third-order valence-corrected chi connectivity index (χ3v) is 3.15. The summed E-state index contributed by atoms with van der Waals surface area (Å²) in [6.45, 7) is 8.65. The van der Waals surface area contributed by atoms with Gasteiger partial charge in [0.1, 0.15) is 5.82 Å². The second-order valence-electron chi connectivity index (χ2n) is 4.92. The number of anilines is 2. The Kier molecular flexibility index (Phi) is 4.79. The first-order valence-corrected chi connectivity index (χ1v) is 7.00. The molecule has 20 heavy (non-hydrogen) atoms. The van der Waals surface area contributed by atoms with Crippen LogP contribution >= 0.6 is 0 Å². The molecule has 2 aromatic heterocycles. The number of nitrogens with one attached hydrogen (secondary N) is 1. The summed E-state index contributed by atoms with van der Waals surface area (Å²) in [5.74, 6) is 1.75. The molecule has 110 valence electrons. The Labute approximate surface area is 119 Å². The summed E-state index contributed by atoms with van der Waals surface area (Å²) in [6, 6.07) is 0.329. The van der Waals surface area contributed by atoms with E-state index in [4.69, 9.17) is 9.72 Å². The number of hydrogen-bond acceptors (Lipinski definition) is 5. The lowest BCUT2D eigenvalue weighted by Gasteiger charge is -2.28. The Morgan fingerprint density at radius 3 is 2.90 bits per heavy atom. The molecule has 0 spiro atoms. The molecule has 0 unspecified atom stereocenters. The second-order valence-corrected chi connectivity index (χ2v) is 4.92. The van der Waals surface area contributed by atoms with Gasteiger partial charge in [-0.25, -0.2) is 9.97 Å². The maximum atomic E-state index is 5.20. The number of aromatic nitrogens is 3. The van der Waals surface area contributed by atoms with Gasteiger partial charge in [0.05, 0.1) is 12.8 Å². The quantitative estimate of drug-likeness (QED) is 0.839. The Hall–Kier alpha value is -1.82. The van der Waals surface area contributed by atoms with E-state index in [1.54, 1.807) is 13.3 Å². The molecule has 1 N–H and O–H groups in total. The van der Waals surface area contributed by atoms with Crippen LogP contribution in [0.15, 0.2) is 18.6 Å². The summed E-state index contributed by atoms with van der Waals surface area (Å²) in [6.07, 6.45) is 5.70. The average molecular weight is 277 g/mol. The Morgan fingerprint density at radius 2 is 2.25 bits per heavy atom. The highest BCUT2D eigenvalue weighted by Crippen LogP contribution is 2.22. The van der Waals surface area contributed by atoms with Gasteiger partial charge in [-0.05, 0) is 20.8 Å². The van der Waals surface area contributed by atoms with Gasteiger partial charge in [-0.1, -0.05) is 0 Å². The zero-order valence-corrected chi connectivity index (χ0v) is 12.6. The topological polar surface area (TPSA) is 54.7 Å². The number of rotatable bonds is 7. The van der Waals surface area contributed by atoms with E-state index >= 15 is 0 Å². The number of fused-ring (bicyclic) bond motifs is 1. The lowest BCUT2D eigenvalue weighted by Crippen LogP contribution is -2.35. The third-order valence-electron chi connectivity index (χ3n) is 3.15. The second kappa shape index (κ2) is 6.56. The summed E-state index contributed by atoms with van der Waals surface area (Å²) < 4.78 is 7.21. The number of methoxy groups -OCH3 is 1. The molecule has 0 amide bonds. The highest BCUT2D eigenvalue weighted by molar-refractivity contribution is 5.67. The molecule has 0 atom stereocenters. The summed E-state index contributed by atoms with van der Waals surface area (Å²) in [7, 11) is 1.71. The fourth-order valence-corrected chi connectivity index (χ4v) is 2.17. The number of imidazole rings is 1. The molecule has 2 aromatic rings. The molecule has 2 heterocycles. The van der Waals surface area contributed by atoms with Gasteiger partial charge >= 0.3 is 0 Å². The van der Waals surface area contributed by atoms with E-state index in [-0.39, 0.29) is 0 Å². The van der Waals surface area contributed by atoms with Crippen molar-refractivity contribution in [1.29, 1.82) is 0 Å². The van der Waals surface area contributed by atoms with Crippen LogP contribution in [0.3, 0.4) is 0 Å². The van der Waals surface area contributed by atoms with Crippen molar-refractivity contribution in [2.45, 2.75) is 26.8 Å². The van der Waals surface area contributed by atoms with Crippen molar-refractivity contribution in [1.82, 2.24) is 14.4 Å². The van der Waals surface area contributed by atoms with Crippen LogP contribution in [-0.4, -0.2) is 47.2 Å². The van der Waals surface area contributed by atoms with Gasteiger partial charge in [0.25, 0.3) is 0 Å². The van der Waals surface area contributed by atoms with Gasteiger partial charge in [0.15, 0.2) is 11.5 Å². The molecule has 0 fully saturated rings. The van der Waals surface area contributed by atoms with Crippen molar-refractivity contribution in [3.05, 3.63) is 18.6 Å². The minimum atomic E-state index is 0.329. The molecule has 0 aliphatic heterocycles. The van der Waals surface area contributed by atoms with Crippen molar-refractivity contribution in [3.63, 3.8) is 0 Å². The molecule has 6 nitrogen and oxygen atoms in total. The molecule has 0 aliphatic carbocycles. The van der Waals surface area contributed by atoms with Crippen molar-refractivity contribution < 1.29 is 4.74 Å². The van der Waals surface area contributed by atoms with E-state index in [9.17, 15) is 0 Å². The van der Waals surface area contributed by atoms with Crippen molar-refractivity contribution in [3.8, 4) is 0 Å². The zero-order chi connectivity index (χ0) is 14.5. The van der Waals surface area contributed by atoms with Crippen molar-refractivity contribution in [2.24, 2.45) is 0 Å². The monoisotopic (exact) mass is 277 g/mol. The fourth-order valence-electron chi connectivity index (χ4n) is 2.17. The zero-order valence-electron chi connectivity index (χ0n) is 12.6. The van der Waals surface area contributed by atoms with E-state index < -0.39 is 0 Å². The van der Waals surface area contributed by atoms with Crippen molar-refractivity contribution in [2.75, 3.05) is 37.0 Å². The standard InChI is InChI=1S/C14H23N5O/c1-5-15-12-10-18-7-6-16-13(18)14(17-12)19(11(2)3)8-9-20-4/h6-7,10-11,15H,5,8-9H2,1-4H3. The Bertz CT molecular complexity index is 551. The van der Waals surface area contributed by atoms with Gasteiger partial charge in [-0.2, -0.15) is 0 Å². The van der Waals surface area contributed by atoms with Gasteiger partial charge in [-0.15, -0.1) is 0 Å². The smallest absolute Gasteiger partial charge is 0.180 e. The first kappa shape index (κ1) is 14.6. The third kappa shape index (κ3) is 3.01. The Morgan fingerprint density at radius 1 is 1.45 bits per heavy atom. The molecule has 2 rings (SSSR count). The summed E-state index contributed by atoms with van der Waals surface area (Å²) in [5, 5.41) is 3.26. The van der Waals surface area contributed by atoms with Crippen LogP contribution in [0.5, 0.6) is 0 Å². The highest BCUT2D eigenvalue weighted by atomic mass is 16.5. The lowest BCUT2D eigenvalue weighted by atomic mass is 10.3. The summed E-state index contributed by atoms with van der Waals surface area (Å²) in [4.78, 5) is 11.3.